The van der Waals surface area contributed by atoms with Crippen LogP contribution < -0.4 is 10.6 Å². The molecular weight excluding hydrogens is 324 g/mol. The van der Waals surface area contributed by atoms with Gasteiger partial charge in [0.25, 0.3) is 0 Å². The van der Waals surface area contributed by atoms with Gasteiger partial charge in [-0.1, -0.05) is 24.6 Å². The van der Waals surface area contributed by atoms with E-state index < -0.39 is 9.84 Å². The third-order valence-electron chi connectivity index (χ3n) is 4.33. The monoisotopic (exact) mass is 346 g/mol. The fourth-order valence-corrected chi connectivity index (χ4v) is 4.21. The fraction of sp³-hybridized carbons (Fsp3) is 0.412. The molecule has 3 rings (SSSR count). The van der Waals surface area contributed by atoms with Gasteiger partial charge < -0.3 is 10.6 Å². The van der Waals surface area contributed by atoms with E-state index in [9.17, 15) is 8.42 Å². The van der Waals surface area contributed by atoms with E-state index in [0.29, 0.717) is 11.9 Å². The van der Waals surface area contributed by atoms with Crippen molar-refractivity contribution in [3.05, 3.63) is 36.0 Å². The van der Waals surface area contributed by atoms with Gasteiger partial charge in [-0.15, -0.1) is 0 Å². The van der Waals surface area contributed by atoms with Crippen molar-refractivity contribution in [2.24, 2.45) is 5.92 Å². The van der Waals surface area contributed by atoms with Crippen molar-refractivity contribution in [1.82, 2.24) is 9.97 Å². The minimum Gasteiger partial charge on any atom is -0.382 e. The number of hydrogen-bond acceptors (Lipinski definition) is 6. The van der Waals surface area contributed by atoms with Crippen molar-refractivity contribution in [2.75, 3.05) is 23.7 Å². The van der Waals surface area contributed by atoms with Crippen molar-refractivity contribution < 1.29 is 8.42 Å². The maximum absolute atomic E-state index is 12.7. The summed E-state index contributed by atoms with van der Waals surface area (Å²) in [5, 5.41) is 0. The van der Waals surface area contributed by atoms with Crippen LogP contribution >= 0.6 is 0 Å². The zero-order chi connectivity index (χ0) is 17.3. The largest absolute Gasteiger partial charge is 0.382 e. The maximum atomic E-state index is 12.7. The second-order valence-electron chi connectivity index (χ2n) is 6.43. The van der Waals surface area contributed by atoms with Crippen LogP contribution in [-0.4, -0.2) is 31.5 Å². The van der Waals surface area contributed by atoms with Crippen LogP contribution in [0.4, 0.5) is 11.8 Å². The van der Waals surface area contributed by atoms with Gasteiger partial charge in [-0.2, -0.15) is 4.98 Å². The van der Waals surface area contributed by atoms with Crippen LogP contribution in [0.2, 0.25) is 0 Å². The topological polar surface area (TPSA) is 89.2 Å². The highest BCUT2D eigenvalue weighted by molar-refractivity contribution is 7.91. The number of sulfone groups is 1. The maximum Gasteiger partial charge on any atom is 0.227 e. The minimum absolute atomic E-state index is 0.00111. The predicted octanol–water partition coefficient (Wildman–Crippen LogP) is 2.44. The van der Waals surface area contributed by atoms with Gasteiger partial charge >= 0.3 is 0 Å². The molecule has 2 N–H and O–H groups in total. The number of rotatable bonds is 3. The lowest BCUT2D eigenvalue weighted by Crippen LogP contribution is -2.35. The first-order valence-corrected chi connectivity index (χ1v) is 9.55. The van der Waals surface area contributed by atoms with E-state index in [2.05, 4.69) is 21.8 Å². The molecule has 1 aliphatic rings. The third kappa shape index (κ3) is 3.21. The summed E-state index contributed by atoms with van der Waals surface area (Å²) in [6.07, 6.45) is 3.59. The van der Waals surface area contributed by atoms with E-state index in [4.69, 9.17) is 5.73 Å². The summed E-state index contributed by atoms with van der Waals surface area (Å²) in [7, 11) is -3.71. The van der Waals surface area contributed by atoms with Crippen LogP contribution in [0.3, 0.4) is 0 Å². The lowest BCUT2D eigenvalue weighted by Gasteiger charge is -2.31. The Balaban J connectivity index is 1.93. The van der Waals surface area contributed by atoms with E-state index in [0.717, 1.165) is 25.1 Å². The number of nitrogen functional groups attached to an aromatic ring is 1. The highest BCUT2D eigenvalue weighted by atomic mass is 32.2. The van der Waals surface area contributed by atoms with Crippen molar-refractivity contribution in [3.8, 4) is 0 Å². The van der Waals surface area contributed by atoms with Gasteiger partial charge in [0.15, 0.2) is 0 Å². The van der Waals surface area contributed by atoms with Crippen LogP contribution in [0.5, 0.6) is 0 Å². The molecule has 2 heterocycles. The molecule has 1 atom stereocenters. The highest BCUT2D eigenvalue weighted by Crippen LogP contribution is 2.27. The smallest absolute Gasteiger partial charge is 0.227 e. The normalized spacial score (nSPS) is 18.6. The van der Waals surface area contributed by atoms with Crippen molar-refractivity contribution >= 4 is 21.6 Å². The Morgan fingerprint density at radius 3 is 2.58 bits per heavy atom. The number of aryl methyl sites for hydroxylation is 1. The molecule has 24 heavy (non-hydrogen) atoms. The van der Waals surface area contributed by atoms with E-state index in [-0.39, 0.29) is 15.6 Å². The molecule has 0 spiro atoms. The SMILES string of the molecule is Cc1ccc(S(=O)(=O)c2cnc(N3CCC[C@@H](C)C3)nc2N)cc1. The number of benzene rings is 1. The zero-order valence-electron chi connectivity index (χ0n) is 13.9. The van der Waals surface area contributed by atoms with Gasteiger partial charge in [-0.05, 0) is 37.8 Å². The number of anilines is 2. The molecular formula is C17H22N4O2S. The Kier molecular flexibility index (Phi) is 4.45. The molecule has 1 aromatic heterocycles. The first-order chi connectivity index (χ1) is 11.4. The molecule has 0 unspecified atom stereocenters. The number of piperidine rings is 1. The first-order valence-electron chi connectivity index (χ1n) is 8.07. The van der Waals surface area contributed by atoms with E-state index in [1.807, 2.05) is 6.92 Å². The molecule has 0 radical (unpaired) electrons. The Hall–Kier alpha value is -2.15. The quantitative estimate of drug-likeness (QED) is 0.918. The minimum atomic E-state index is -3.71. The Bertz CT molecular complexity index is 834. The molecule has 0 amide bonds. The number of aromatic nitrogens is 2. The van der Waals surface area contributed by atoms with Gasteiger partial charge in [0.1, 0.15) is 10.7 Å². The molecule has 128 valence electrons. The molecule has 0 aliphatic carbocycles. The lowest BCUT2D eigenvalue weighted by molar-refractivity contribution is 0.442. The Morgan fingerprint density at radius 1 is 1.25 bits per heavy atom. The van der Waals surface area contributed by atoms with Crippen LogP contribution in [0, 0.1) is 12.8 Å². The summed E-state index contributed by atoms with van der Waals surface area (Å²) in [5.74, 6) is 1.07. The lowest BCUT2D eigenvalue weighted by atomic mass is 10.0. The second-order valence-corrected chi connectivity index (χ2v) is 8.35. The van der Waals surface area contributed by atoms with E-state index >= 15 is 0 Å². The average molecular weight is 346 g/mol. The van der Waals surface area contributed by atoms with Crippen molar-refractivity contribution in [2.45, 2.75) is 36.5 Å². The molecule has 0 bridgehead atoms. The molecule has 1 aromatic carbocycles. The second kappa shape index (κ2) is 6.39. The van der Waals surface area contributed by atoms with Gasteiger partial charge in [0, 0.05) is 13.1 Å². The van der Waals surface area contributed by atoms with Crippen LogP contribution in [0.15, 0.2) is 40.3 Å². The highest BCUT2D eigenvalue weighted by Gasteiger charge is 2.24. The van der Waals surface area contributed by atoms with Crippen molar-refractivity contribution in [3.63, 3.8) is 0 Å². The van der Waals surface area contributed by atoms with E-state index in [1.54, 1.807) is 24.3 Å². The number of nitrogens with two attached hydrogens (primary N) is 1. The Labute approximate surface area is 142 Å². The molecule has 6 nitrogen and oxygen atoms in total. The van der Waals surface area contributed by atoms with Crippen LogP contribution in [0.1, 0.15) is 25.3 Å². The van der Waals surface area contributed by atoms with Gasteiger partial charge in [0.2, 0.25) is 15.8 Å². The third-order valence-corrected chi connectivity index (χ3v) is 6.12. The molecule has 1 aliphatic heterocycles. The summed E-state index contributed by atoms with van der Waals surface area (Å²) < 4.78 is 25.5. The van der Waals surface area contributed by atoms with Gasteiger partial charge in [-0.25, -0.2) is 13.4 Å². The van der Waals surface area contributed by atoms with Gasteiger partial charge in [-0.3, -0.25) is 0 Å². The molecule has 7 heteroatoms. The molecule has 1 saturated heterocycles. The summed E-state index contributed by atoms with van der Waals surface area (Å²) in [6, 6.07) is 6.66. The zero-order valence-corrected chi connectivity index (χ0v) is 14.8. The number of hydrogen-bond donors (Lipinski definition) is 1. The summed E-state index contributed by atoms with van der Waals surface area (Å²) >= 11 is 0. The van der Waals surface area contributed by atoms with Crippen molar-refractivity contribution in [1.29, 1.82) is 0 Å². The predicted molar refractivity (Wildman–Crippen MR) is 93.7 cm³/mol. The average Bonchev–Trinajstić information content (AvgIpc) is 2.55. The summed E-state index contributed by atoms with van der Waals surface area (Å²) in [5.41, 5.74) is 6.95. The summed E-state index contributed by atoms with van der Waals surface area (Å²) in [4.78, 5) is 10.7. The Morgan fingerprint density at radius 2 is 1.96 bits per heavy atom. The molecule has 2 aromatic rings. The standard InChI is InChI=1S/C17H22N4O2S/c1-12-5-7-14(8-6-12)24(22,23)15-10-19-17(20-16(15)18)21-9-3-4-13(2)11-21/h5-8,10,13H,3-4,9,11H2,1-2H3,(H2,18,19,20)/t13-/m1/s1. The van der Waals surface area contributed by atoms with Crippen LogP contribution in [0.25, 0.3) is 0 Å². The van der Waals surface area contributed by atoms with Gasteiger partial charge in [0.05, 0.1) is 11.1 Å². The fourth-order valence-electron chi connectivity index (χ4n) is 2.95. The molecule has 1 fully saturated rings. The van der Waals surface area contributed by atoms with E-state index in [1.165, 1.54) is 12.6 Å². The summed E-state index contributed by atoms with van der Waals surface area (Å²) in [6.45, 7) is 5.82. The molecule has 0 saturated carbocycles. The first kappa shape index (κ1) is 16.7. The van der Waals surface area contributed by atoms with Crippen LogP contribution in [-0.2, 0) is 9.84 Å². The number of nitrogens with zero attached hydrogens (tertiary/aromatic N) is 3.